The molecular weight excluding hydrogens is 436 g/mol. The second kappa shape index (κ2) is 9.75. The van der Waals surface area contributed by atoms with E-state index in [-0.39, 0.29) is 0 Å². The summed E-state index contributed by atoms with van der Waals surface area (Å²) < 4.78 is 18.1. The average Bonchev–Trinajstić information content (AvgIpc) is 3.19. The Bertz CT molecular complexity index is 1320. The number of methoxy groups -OCH3 is 3. The lowest BCUT2D eigenvalue weighted by Gasteiger charge is -2.12. The molecule has 0 aliphatic heterocycles. The maximum atomic E-state index is 13.2. The highest BCUT2D eigenvalue weighted by atomic mass is 32.1. The van der Waals surface area contributed by atoms with E-state index in [0.29, 0.717) is 27.6 Å². The zero-order chi connectivity index (χ0) is 23.4. The Morgan fingerprint density at radius 2 is 1.36 bits per heavy atom. The molecule has 4 rings (SSSR count). The van der Waals surface area contributed by atoms with Gasteiger partial charge in [0.2, 0.25) is 5.75 Å². The molecule has 0 N–H and O–H groups in total. The highest BCUT2D eigenvalue weighted by Crippen LogP contribution is 2.38. The van der Waals surface area contributed by atoms with Crippen LogP contribution in [0.25, 0.3) is 21.7 Å². The van der Waals surface area contributed by atoms with Gasteiger partial charge in [0.1, 0.15) is 0 Å². The van der Waals surface area contributed by atoms with Crippen molar-refractivity contribution in [3.05, 3.63) is 83.2 Å². The third kappa shape index (κ3) is 4.40. The summed E-state index contributed by atoms with van der Waals surface area (Å²) in [5.41, 5.74) is 3.47. The molecule has 1 heterocycles. The van der Waals surface area contributed by atoms with Crippen LogP contribution >= 0.6 is 11.3 Å². The number of carbonyl (C=O) groups excluding carboxylic acids is 1. The largest absolute Gasteiger partial charge is 0.493 e. The first-order valence-corrected chi connectivity index (χ1v) is 11.1. The summed E-state index contributed by atoms with van der Waals surface area (Å²) in [5, 5.41) is 0. The highest BCUT2D eigenvalue weighted by molar-refractivity contribution is 7.13. The van der Waals surface area contributed by atoms with Gasteiger partial charge in [0.15, 0.2) is 16.3 Å². The number of hydrogen-bond donors (Lipinski definition) is 0. The molecule has 0 atom stereocenters. The first kappa shape index (κ1) is 22.4. The Kier molecular flexibility index (Phi) is 6.60. The quantitative estimate of drug-likeness (QED) is 0.397. The standard InChI is InChI=1S/C26H24N2O4S/c1-28-22(17-11-7-5-8-12-17)24(18-13-9-6-10-14-18)33-26(28)27-25(29)19-15-20(30-2)23(32-4)21(16-19)31-3/h5-16H,1-4H3. The summed E-state index contributed by atoms with van der Waals surface area (Å²) in [5.74, 6) is 0.836. The maximum absolute atomic E-state index is 13.2. The average molecular weight is 461 g/mol. The number of carbonyl (C=O) groups is 1. The van der Waals surface area contributed by atoms with Crippen molar-refractivity contribution in [2.75, 3.05) is 21.3 Å². The lowest BCUT2D eigenvalue weighted by Crippen LogP contribution is -2.14. The van der Waals surface area contributed by atoms with Gasteiger partial charge in [-0.1, -0.05) is 72.0 Å². The Hall–Kier alpha value is -3.84. The molecule has 3 aromatic carbocycles. The van der Waals surface area contributed by atoms with Crippen LogP contribution in [0.1, 0.15) is 10.4 Å². The second-order valence-electron chi connectivity index (χ2n) is 7.18. The number of hydrogen-bond acceptors (Lipinski definition) is 5. The molecule has 0 spiro atoms. The van der Waals surface area contributed by atoms with E-state index in [9.17, 15) is 4.79 Å². The van der Waals surface area contributed by atoms with E-state index in [0.717, 1.165) is 21.7 Å². The van der Waals surface area contributed by atoms with Crippen molar-refractivity contribution >= 4 is 17.2 Å². The molecule has 7 heteroatoms. The van der Waals surface area contributed by atoms with Crippen LogP contribution in [0.2, 0.25) is 0 Å². The van der Waals surface area contributed by atoms with Crippen molar-refractivity contribution in [3.63, 3.8) is 0 Å². The summed E-state index contributed by atoms with van der Waals surface area (Å²) >= 11 is 1.47. The molecule has 33 heavy (non-hydrogen) atoms. The normalized spacial score (nSPS) is 11.3. The van der Waals surface area contributed by atoms with Crippen molar-refractivity contribution in [3.8, 4) is 38.9 Å². The van der Waals surface area contributed by atoms with Gasteiger partial charge in [-0.3, -0.25) is 4.79 Å². The van der Waals surface area contributed by atoms with Gasteiger partial charge < -0.3 is 18.8 Å². The molecule has 0 aliphatic rings. The molecule has 1 aromatic heterocycles. The van der Waals surface area contributed by atoms with Crippen molar-refractivity contribution in [1.29, 1.82) is 0 Å². The lowest BCUT2D eigenvalue weighted by molar-refractivity contribution is 0.0997. The topological polar surface area (TPSA) is 62.0 Å². The van der Waals surface area contributed by atoms with Crippen molar-refractivity contribution < 1.29 is 19.0 Å². The van der Waals surface area contributed by atoms with Crippen LogP contribution in [0.4, 0.5) is 0 Å². The molecule has 0 unspecified atom stereocenters. The van der Waals surface area contributed by atoms with E-state index in [1.807, 2.05) is 48.0 Å². The predicted octanol–water partition coefficient (Wildman–Crippen LogP) is 5.19. The molecule has 0 radical (unpaired) electrons. The van der Waals surface area contributed by atoms with Crippen LogP contribution in [0, 0.1) is 0 Å². The fraction of sp³-hybridized carbons (Fsp3) is 0.154. The number of thiazole rings is 1. The van der Waals surface area contributed by atoms with Gasteiger partial charge >= 0.3 is 0 Å². The molecule has 0 saturated heterocycles. The van der Waals surface area contributed by atoms with E-state index in [1.165, 1.54) is 32.7 Å². The van der Waals surface area contributed by atoms with Gasteiger partial charge in [-0.25, -0.2) is 0 Å². The molecule has 4 aromatic rings. The molecule has 0 saturated carbocycles. The van der Waals surface area contributed by atoms with Gasteiger partial charge in [-0.05, 0) is 23.3 Å². The fourth-order valence-electron chi connectivity index (χ4n) is 3.62. The Morgan fingerprint density at radius 1 is 0.818 bits per heavy atom. The predicted molar refractivity (Wildman–Crippen MR) is 130 cm³/mol. The molecule has 0 aliphatic carbocycles. The second-order valence-corrected chi connectivity index (χ2v) is 8.16. The molecule has 6 nitrogen and oxygen atoms in total. The Balaban J connectivity index is 1.87. The highest BCUT2D eigenvalue weighted by Gasteiger charge is 2.19. The van der Waals surface area contributed by atoms with E-state index in [1.54, 1.807) is 12.1 Å². The number of ether oxygens (including phenoxy) is 3. The Labute approximate surface area is 196 Å². The third-order valence-corrected chi connectivity index (χ3v) is 6.40. The Morgan fingerprint density at radius 3 is 1.88 bits per heavy atom. The van der Waals surface area contributed by atoms with Crippen molar-refractivity contribution in [2.45, 2.75) is 0 Å². The maximum Gasteiger partial charge on any atom is 0.279 e. The summed E-state index contributed by atoms with van der Waals surface area (Å²) in [7, 11) is 6.47. The molecule has 0 fully saturated rings. The van der Waals surface area contributed by atoms with Gasteiger partial charge in [-0.15, -0.1) is 0 Å². The van der Waals surface area contributed by atoms with E-state index < -0.39 is 5.91 Å². The van der Waals surface area contributed by atoms with Gasteiger partial charge in [0.05, 0.1) is 31.9 Å². The SMILES string of the molecule is COc1cc(C(=O)N=c2sc(-c3ccccc3)c(-c3ccccc3)n2C)cc(OC)c1OC. The minimum atomic E-state index is -0.398. The van der Waals surface area contributed by atoms with Gasteiger partial charge in [0.25, 0.3) is 5.91 Å². The number of benzene rings is 3. The minimum Gasteiger partial charge on any atom is -0.493 e. The van der Waals surface area contributed by atoms with E-state index in [4.69, 9.17) is 14.2 Å². The first-order valence-electron chi connectivity index (χ1n) is 10.3. The van der Waals surface area contributed by atoms with Gasteiger partial charge in [-0.2, -0.15) is 4.99 Å². The molecular formula is C26H24N2O4S. The monoisotopic (exact) mass is 460 g/mol. The van der Waals surface area contributed by atoms with Crippen LogP contribution < -0.4 is 19.0 Å². The zero-order valence-corrected chi connectivity index (χ0v) is 19.7. The number of aromatic nitrogens is 1. The summed E-state index contributed by atoms with van der Waals surface area (Å²) in [6, 6.07) is 23.4. The van der Waals surface area contributed by atoms with Crippen LogP contribution in [-0.2, 0) is 7.05 Å². The van der Waals surface area contributed by atoms with Crippen molar-refractivity contribution in [1.82, 2.24) is 4.57 Å². The zero-order valence-electron chi connectivity index (χ0n) is 18.9. The smallest absolute Gasteiger partial charge is 0.279 e. The summed E-state index contributed by atoms with van der Waals surface area (Å²) in [4.78, 5) is 19.3. The lowest BCUT2D eigenvalue weighted by atomic mass is 10.1. The van der Waals surface area contributed by atoms with Crippen LogP contribution in [0.3, 0.4) is 0 Å². The number of nitrogens with zero attached hydrogens (tertiary/aromatic N) is 2. The minimum absolute atomic E-state index is 0.348. The summed E-state index contributed by atoms with van der Waals surface area (Å²) in [6.07, 6.45) is 0. The summed E-state index contributed by atoms with van der Waals surface area (Å²) in [6.45, 7) is 0. The molecule has 168 valence electrons. The third-order valence-electron chi connectivity index (χ3n) is 5.22. The van der Waals surface area contributed by atoms with E-state index in [2.05, 4.69) is 29.3 Å². The first-order chi connectivity index (χ1) is 16.1. The fourth-order valence-corrected chi connectivity index (χ4v) is 4.76. The van der Waals surface area contributed by atoms with Crippen LogP contribution in [0.5, 0.6) is 17.2 Å². The molecule has 0 bridgehead atoms. The molecule has 1 amide bonds. The van der Waals surface area contributed by atoms with Crippen molar-refractivity contribution in [2.24, 2.45) is 12.0 Å². The number of amides is 1. The van der Waals surface area contributed by atoms with Gasteiger partial charge in [0, 0.05) is 12.6 Å². The van der Waals surface area contributed by atoms with Crippen LogP contribution in [-0.4, -0.2) is 31.8 Å². The van der Waals surface area contributed by atoms with Crippen LogP contribution in [0.15, 0.2) is 77.8 Å². The van der Waals surface area contributed by atoms with E-state index >= 15 is 0 Å². The number of rotatable bonds is 6.